The first-order valence-electron chi connectivity index (χ1n) is 13.4. The summed E-state index contributed by atoms with van der Waals surface area (Å²) >= 11 is 1.48. The minimum atomic E-state index is -0.599. The molecule has 3 heterocycles. The Balaban J connectivity index is 1.46. The van der Waals surface area contributed by atoms with Crippen molar-refractivity contribution in [3.05, 3.63) is 53.6 Å². The molecule has 5 rings (SSSR count). The highest BCUT2D eigenvalue weighted by Gasteiger charge is 2.38. The van der Waals surface area contributed by atoms with E-state index >= 15 is 0 Å². The molecule has 8 nitrogen and oxygen atoms in total. The fraction of sp³-hybridized carbons (Fsp3) is 0.467. The van der Waals surface area contributed by atoms with Gasteiger partial charge in [-0.3, -0.25) is 0 Å². The van der Waals surface area contributed by atoms with Gasteiger partial charge in [-0.2, -0.15) is 10.2 Å². The van der Waals surface area contributed by atoms with Crippen LogP contribution in [0.3, 0.4) is 0 Å². The van der Waals surface area contributed by atoms with Crippen LogP contribution in [0.25, 0.3) is 10.8 Å². The molecular formula is C30H35N5O3S. The minimum Gasteiger partial charge on any atom is -0.469 e. The second-order valence-electron chi connectivity index (χ2n) is 11.2. The monoisotopic (exact) mass is 545 g/mol. The third kappa shape index (κ3) is 5.62. The molecule has 1 fully saturated rings. The number of amides is 1. The van der Waals surface area contributed by atoms with Gasteiger partial charge in [-0.25, -0.2) is 9.78 Å². The number of piperazine rings is 1. The first-order valence-corrected chi connectivity index (χ1v) is 14.6. The number of rotatable bonds is 4. The van der Waals surface area contributed by atoms with Crippen molar-refractivity contribution >= 4 is 34.4 Å². The molecule has 3 aromatic rings. The second kappa shape index (κ2) is 10.9. The summed E-state index contributed by atoms with van der Waals surface area (Å²) in [5.74, 6) is 1.65. The zero-order chi connectivity index (χ0) is 27.7. The Labute approximate surface area is 234 Å². The molecule has 1 aromatic heterocycles. The molecule has 0 aliphatic carbocycles. The number of ether oxygens (including phenoxy) is 2. The number of fused-ring (bicyclic) bond motifs is 2. The van der Waals surface area contributed by atoms with Crippen molar-refractivity contribution in [2.24, 2.45) is 5.92 Å². The third-order valence-electron chi connectivity index (χ3n) is 7.26. The van der Waals surface area contributed by atoms with Gasteiger partial charge in [0.2, 0.25) is 5.88 Å². The Bertz CT molecular complexity index is 1410. The van der Waals surface area contributed by atoms with Gasteiger partial charge in [0.25, 0.3) is 0 Å². The van der Waals surface area contributed by atoms with Crippen molar-refractivity contribution < 1.29 is 14.3 Å². The lowest BCUT2D eigenvalue weighted by Crippen LogP contribution is -2.56. The van der Waals surface area contributed by atoms with Crippen LogP contribution in [0.5, 0.6) is 5.88 Å². The molecule has 0 bridgehead atoms. The maximum Gasteiger partial charge on any atom is 0.410 e. The first-order chi connectivity index (χ1) is 18.7. The topological polar surface area (TPSA) is 91.6 Å². The van der Waals surface area contributed by atoms with Crippen LogP contribution in [-0.4, -0.2) is 58.5 Å². The van der Waals surface area contributed by atoms with Gasteiger partial charge in [0.15, 0.2) is 5.16 Å². The number of hydrogen-bond donors (Lipinski definition) is 0. The average Bonchev–Trinajstić information content (AvgIpc) is 2.91. The van der Waals surface area contributed by atoms with E-state index in [2.05, 4.69) is 60.4 Å². The summed E-state index contributed by atoms with van der Waals surface area (Å²) in [4.78, 5) is 26.5. The predicted molar refractivity (Wildman–Crippen MR) is 153 cm³/mol. The smallest absolute Gasteiger partial charge is 0.410 e. The van der Waals surface area contributed by atoms with Gasteiger partial charge >= 0.3 is 6.09 Å². The fourth-order valence-corrected chi connectivity index (χ4v) is 5.84. The largest absolute Gasteiger partial charge is 0.469 e. The van der Waals surface area contributed by atoms with E-state index in [-0.39, 0.29) is 30.6 Å². The number of thioether (sulfide) groups is 1. The molecule has 2 aromatic carbocycles. The van der Waals surface area contributed by atoms with Gasteiger partial charge in [-0.05, 0) is 44.2 Å². The van der Waals surface area contributed by atoms with Gasteiger partial charge in [-0.15, -0.1) is 0 Å². The highest BCUT2D eigenvalue weighted by Crippen LogP contribution is 2.43. The lowest BCUT2D eigenvalue weighted by atomic mass is 9.87. The second-order valence-corrected chi connectivity index (χ2v) is 12.0. The predicted octanol–water partition coefficient (Wildman–Crippen LogP) is 6.00. The Hall–Kier alpha value is -3.51. The van der Waals surface area contributed by atoms with E-state index in [1.165, 1.54) is 22.5 Å². The molecule has 0 saturated carbocycles. The highest BCUT2D eigenvalue weighted by atomic mass is 32.2. The molecule has 0 N–H and O–H groups in total. The van der Waals surface area contributed by atoms with Crippen molar-refractivity contribution in [3.8, 4) is 11.9 Å². The average molecular weight is 546 g/mol. The molecular weight excluding hydrogens is 510 g/mol. The van der Waals surface area contributed by atoms with E-state index in [0.29, 0.717) is 30.7 Å². The maximum atomic E-state index is 12.9. The van der Waals surface area contributed by atoms with E-state index in [1.54, 1.807) is 4.90 Å². The number of aromatic nitrogens is 2. The van der Waals surface area contributed by atoms with Crippen LogP contribution in [0.1, 0.15) is 51.3 Å². The number of nitriles is 1. The fourth-order valence-electron chi connectivity index (χ4n) is 5.48. The molecule has 0 radical (unpaired) electrons. The lowest BCUT2D eigenvalue weighted by molar-refractivity contribution is 0.0144. The normalized spacial score (nSPS) is 21.2. The Kier molecular flexibility index (Phi) is 7.59. The Morgan fingerprint density at radius 3 is 2.69 bits per heavy atom. The summed E-state index contributed by atoms with van der Waals surface area (Å²) in [6.45, 7) is 9.29. The highest BCUT2D eigenvalue weighted by molar-refractivity contribution is 7.98. The summed E-state index contributed by atoms with van der Waals surface area (Å²) < 4.78 is 12.3. The molecule has 204 valence electrons. The Morgan fingerprint density at radius 2 is 1.95 bits per heavy atom. The summed E-state index contributed by atoms with van der Waals surface area (Å²) in [7, 11) is 0. The molecule has 39 heavy (non-hydrogen) atoms. The van der Waals surface area contributed by atoms with Gasteiger partial charge in [0.1, 0.15) is 17.5 Å². The molecule has 2 aliphatic rings. The van der Waals surface area contributed by atoms with Gasteiger partial charge in [-0.1, -0.05) is 61.2 Å². The standard InChI is InChI=1S/C30H35N5O3S/c1-19-17-24-26(34-15-16-35(21(18-34)13-14-31)29(36)38-30(2,3)4)32-28(39-5)33-27(24)37-25(19)23-12-8-10-20-9-6-7-11-22(20)23/h6-12,19,21,25H,13,15-18H2,1-5H3/t19?,21-,25?/m0/s1. The van der Waals surface area contributed by atoms with Crippen LogP contribution < -0.4 is 9.64 Å². The van der Waals surface area contributed by atoms with Crippen LogP contribution in [-0.2, 0) is 11.2 Å². The van der Waals surface area contributed by atoms with Crippen LogP contribution in [0.15, 0.2) is 47.6 Å². The number of anilines is 1. The van der Waals surface area contributed by atoms with E-state index in [1.807, 2.05) is 27.0 Å². The quantitative estimate of drug-likeness (QED) is 0.291. The number of benzene rings is 2. The van der Waals surface area contributed by atoms with Crippen molar-refractivity contribution in [1.29, 1.82) is 5.26 Å². The summed E-state index contributed by atoms with van der Waals surface area (Å²) in [5.41, 5.74) is 1.55. The van der Waals surface area contributed by atoms with Crippen molar-refractivity contribution in [3.63, 3.8) is 0 Å². The van der Waals surface area contributed by atoms with E-state index in [0.717, 1.165) is 23.4 Å². The Morgan fingerprint density at radius 1 is 1.18 bits per heavy atom. The van der Waals surface area contributed by atoms with Crippen molar-refractivity contribution in [2.45, 2.75) is 63.4 Å². The molecule has 3 atom stereocenters. The molecule has 0 spiro atoms. The minimum absolute atomic E-state index is 0.128. The summed E-state index contributed by atoms with van der Waals surface area (Å²) in [6, 6.07) is 16.7. The van der Waals surface area contributed by atoms with E-state index in [4.69, 9.17) is 19.4 Å². The maximum absolute atomic E-state index is 12.9. The van der Waals surface area contributed by atoms with Crippen molar-refractivity contribution in [2.75, 3.05) is 30.8 Å². The zero-order valence-corrected chi connectivity index (χ0v) is 24.0. The number of carbonyl (C=O) groups excluding carboxylic acids is 1. The van der Waals surface area contributed by atoms with Gasteiger partial charge < -0.3 is 19.3 Å². The van der Waals surface area contributed by atoms with Crippen LogP contribution in [0.2, 0.25) is 0 Å². The third-order valence-corrected chi connectivity index (χ3v) is 7.81. The molecule has 2 aliphatic heterocycles. The SMILES string of the molecule is CSc1nc2c(c(N3CCN(C(=O)OC(C)(C)C)[C@@H](CC#N)C3)n1)CC(C)C(c1cccc3ccccc13)O2. The van der Waals surface area contributed by atoms with Crippen molar-refractivity contribution in [1.82, 2.24) is 14.9 Å². The van der Waals surface area contributed by atoms with E-state index < -0.39 is 5.60 Å². The van der Waals surface area contributed by atoms with Crippen LogP contribution in [0, 0.1) is 17.2 Å². The summed E-state index contributed by atoms with van der Waals surface area (Å²) in [5, 5.41) is 12.6. The summed E-state index contributed by atoms with van der Waals surface area (Å²) in [6.07, 6.45) is 2.43. The van der Waals surface area contributed by atoms with Gasteiger partial charge in [0.05, 0.1) is 24.1 Å². The van der Waals surface area contributed by atoms with Gasteiger partial charge in [0, 0.05) is 31.1 Å². The van der Waals surface area contributed by atoms with Crippen LogP contribution in [0.4, 0.5) is 10.6 Å². The number of nitrogens with zero attached hydrogens (tertiary/aromatic N) is 5. The molecule has 2 unspecified atom stereocenters. The van der Waals surface area contributed by atoms with Crippen LogP contribution >= 0.6 is 11.8 Å². The molecule has 9 heteroatoms. The number of hydrogen-bond acceptors (Lipinski definition) is 8. The number of carbonyl (C=O) groups is 1. The zero-order valence-electron chi connectivity index (χ0n) is 23.2. The first kappa shape index (κ1) is 27.1. The van der Waals surface area contributed by atoms with E-state index in [9.17, 15) is 10.1 Å². The lowest BCUT2D eigenvalue weighted by Gasteiger charge is -2.42. The molecule has 1 amide bonds. The molecule has 1 saturated heterocycles.